The lowest BCUT2D eigenvalue weighted by Gasteiger charge is -2.35. The average molecular weight is 223 g/mol. The molecule has 0 bridgehead atoms. The molecule has 1 aliphatic rings. The van der Waals surface area contributed by atoms with E-state index in [1.54, 1.807) is 17.9 Å². The second-order valence-electron chi connectivity index (χ2n) is 3.83. The third-order valence-corrected chi connectivity index (χ3v) is 2.80. The van der Waals surface area contributed by atoms with E-state index in [9.17, 15) is 9.18 Å². The van der Waals surface area contributed by atoms with Crippen LogP contribution < -0.4 is 4.90 Å². The van der Waals surface area contributed by atoms with Gasteiger partial charge in [-0.2, -0.15) is 4.39 Å². The van der Waals surface area contributed by atoms with Gasteiger partial charge in [-0.3, -0.25) is 4.79 Å². The van der Waals surface area contributed by atoms with Crippen LogP contribution >= 0.6 is 0 Å². The van der Waals surface area contributed by atoms with E-state index in [2.05, 4.69) is 9.88 Å². The van der Waals surface area contributed by atoms with E-state index in [-0.39, 0.29) is 5.91 Å². The van der Waals surface area contributed by atoms with E-state index in [1.165, 1.54) is 12.3 Å². The van der Waals surface area contributed by atoms with Crippen molar-refractivity contribution in [2.75, 3.05) is 31.1 Å². The SMILES string of the molecule is CC(=O)N1CCN(c2ccnc(F)c2)CC1. The van der Waals surface area contributed by atoms with Crippen molar-refractivity contribution in [3.63, 3.8) is 0 Å². The number of hydrogen-bond donors (Lipinski definition) is 0. The first-order valence-electron chi connectivity index (χ1n) is 5.29. The number of amides is 1. The molecule has 1 aromatic rings. The van der Waals surface area contributed by atoms with E-state index in [0.29, 0.717) is 13.1 Å². The van der Waals surface area contributed by atoms with Crippen molar-refractivity contribution in [1.29, 1.82) is 0 Å². The molecule has 1 amide bonds. The molecule has 5 heteroatoms. The summed E-state index contributed by atoms with van der Waals surface area (Å²) in [6.45, 7) is 4.44. The molecule has 0 aromatic carbocycles. The van der Waals surface area contributed by atoms with Crippen molar-refractivity contribution >= 4 is 11.6 Å². The Morgan fingerprint density at radius 3 is 2.62 bits per heavy atom. The smallest absolute Gasteiger partial charge is 0.219 e. The largest absolute Gasteiger partial charge is 0.368 e. The van der Waals surface area contributed by atoms with E-state index in [0.717, 1.165) is 18.8 Å². The van der Waals surface area contributed by atoms with Crippen molar-refractivity contribution in [3.05, 3.63) is 24.3 Å². The summed E-state index contributed by atoms with van der Waals surface area (Å²) in [5.74, 6) is -0.368. The summed E-state index contributed by atoms with van der Waals surface area (Å²) >= 11 is 0. The number of nitrogens with zero attached hydrogens (tertiary/aromatic N) is 3. The van der Waals surface area contributed by atoms with Crippen molar-refractivity contribution in [1.82, 2.24) is 9.88 Å². The highest BCUT2D eigenvalue weighted by molar-refractivity contribution is 5.73. The first-order chi connectivity index (χ1) is 7.66. The minimum Gasteiger partial charge on any atom is -0.368 e. The third kappa shape index (κ3) is 2.29. The first-order valence-corrected chi connectivity index (χ1v) is 5.29. The van der Waals surface area contributed by atoms with Crippen LogP contribution in [0, 0.1) is 5.95 Å². The van der Waals surface area contributed by atoms with Gasteiger partial charge in [0, 0.05) is 51.1 Å². The molecular weight excluding hydrogens is 209 g/mol. The van der Waals surface area contributed by atoms with Gasteiger partial charge >= 0.3 is 0 Å². The number of aromatic nitrogens is 1. The van der Waals surface area contributed by atoms with Crippen LogP contribution in [-0.4, -0.2) is 42.0 Å². The van der Waals surface area contributed by atoms with Gasteiger partial charge in [0.1, 0.15) is 0 Å². The lowest BCUT2D eigenvalue weighted by atomic mass is 10.2. The van der Waals surface area contributed by atoms with Crippen LogP contribution in [0.3, 0.4) is 0 Å². The van der Waals surface area contributed by atoms with Gasteiger partial charge in [0.15, 0.2) is 0 Å². The van der Waals surface area contributed by atoms with Crippen LogP contribution in [0.4, 0.5) is 10.1 Å². The zero-order valence-electron chi connectivity index (χ0n) is 9.19. The maximum atomic E-state index is 12.9. The van der Waals surface area contributed by atoms with Crippen LogP contribution in [0.15, 0.2) is 18.3 Å². The maximum Gasteiger partial charge on any atom is 0.219 e. The van der Waals surface area contributed by atoms with Crippen LogP contribution in [0.25, 0.3) is 0 Å². The molecule has 0 aliphatic carbocycles. The molecule has 0 N–H and O–H groups in total. The van der Waals surface area contributed by atoms with Gasteiger partial charge in [0.2, 0.25) is 11.9 Å². The molecule has 0 saturated carbocycles. The second-order valence-corrected chi connectivity index (χ2v) is 3.83. The van der Waals surface area contributed by atoms with Gasteiger partial charge in [-0.1, -0.05) is 0 Å². The number of pyridine rings is 1. The van der Waals surface area contributed by atoms with Crippen LogP contribution in [0.5, 0.6) is 0 Å². The Hall–Kier alpha value is -1.65. The van der Waals surface area contributed by atoms with Crippen LogP contribution in [-0.2, 0) is 4.79 Å². The molecule has 0 unspecified atom stereocenters. The molecule has 2 rings (SSSR count). The standard InChI is InChI=1S/C11H14FN3O/c1-9(16)14-4-6-15(7-5-14)10-2-3-13-11(12)8-10/h2-3,8H,4-7H2,1H3. The van der Waals surface area contributed by atoms with Gasteiger partial charge in [0.25, 0.3) is 0 Å². The molecule has 1 aliphatic heterocycles. The van der Waals surface area contributed by atoms with E-state index in [4.69, 9.17) is 0 Å². The average Bonchev–Trinajstić information content (AvgIpc) is 2.29. The molecule has 0 spiro atoms. The molecule has 0 radical (unpaired) electrons. The zero-order chi connectivity index (χ0) is 11.5. The Kier molecular flexibility index (Phi) is 3.03. The summed E-state index contributed by atoms with van der Waals surface area (Å²) < 4.78 is 12.9. The maximum absolute atomic E-state index is 12.9. The molecule has 2 heterocycles. The van der Waals surface area contributed by atoms with Gasteiger partial charge in [-0.05, 0) is 6.07 Å². The molecule has 1 fully saturated rings. The van der Waals surface area contributed by atoms with Gasteiger partial charge in [-0.15, -0.1) is 0 Å². The zero-order valence-corrected chi connectivity index (χ0v) is 9.19. The number of rotatable bonds is 1. The molecule has 0 atom stereocenters. The first kappa shape index (κ1) is 10.9. The number of piperazine rings is 1. The van der Waals surface area contributed by atoms with Crippen LogP contribution in [0.1, 0.15) is 6.92 Å². The minimum absolute atomic E-state index is 0.0977. The summed E-state index contributed by atoms with van der Waals surface area (Å²) in [5.41, 5.74) is 0.829. The summed E-state index contributed by atoms with van der Waals surface area (Å²) in [6.07, 6.45) is 1.46. The van der Waals surface area contributed by atoms with E-state index >= 15 is 0 Å². The third-order valence-electron chi connectivity index (χ3n) is 2.80. The quantitative estimate of drug-likeness (QED) is 0.663. The predicted molar refractivity (Wildman–Crippen MR) is 58.7 cm³/mol. The number of carbonyl (C=O) groups is 1. The Balaban J connectivity index is 2.01. The second kappa shape index (κ2) is 4.47. The molecule has 86 valence electrons. The summed E-state index contributed by atoms with van der Waals surface area (Å²) in [7, 11) is 0. The van der Waals surface area contributed by atoms with E-state index < -0.39 is 5.95 Å². The Morgan fingerprint density at radius 2 is 2.06 bits per heavy atom. The molecular formula is C11H14FN3O. The highest BCUT2D eigenvalue weighted by Crippen LogP contribution is 2.16. The fraction of sp³-hybridized carbons (Fsp3) is 0.455. The molecule has 1 saturated heterocycles. The van der Waals surface area contributed by atoms with E-state index in [1.807, 2.05) is 0 Å². The minimum atomic E-state index is -0.466. The van der Waals surface area contributed by atoms with Crippen molar-refractivity contribution in [2.45, 2.75) is 6.92 Å². The fourth-order valence-electron chi connectivity index (χ4n) is 1.87. The highest BCUT2D eigenvalue weighted by Gasteiger charge is 2.18. The number of anilines is 1. The van der Waals surface area contributed by atoms with Gasteiger partial charge in [-0.25, -0.2) is 4.98 Å². The number of carbonyl (C=O) groups excluding carboxylic acids is 1. The molecule has 1 aromatic heterocycles. The Bertz CT molecular complexity index is 389. The van der Waals surface area contributed by atoms with Crippen LogP contribution in [0.2, 0.25) is 0 Å². The fourth-order valence-corrected chi connectivity index (χ4v) is 1.87. The number of hydrogen-bond acceptors (Lipinski definition) is 3. The normalized spacial score (nSPS) is 16.4. The number of halogens is 1. The highest BCUT2D eigenvalue weighted by atomic mass is 19.1. The topological polar surface area (TPSA) is 36.4 Å². The van der Waals surface area contributed by atoms with Gasteiger partial charge in [0.05, 0.1) is 0 Å². The lowest BCUT2D eigenvalue weighted by molar-refractivity contribution is -0.129. The summed E-state index contributed by atoms with van der Waals surface area (Å²) in [4.78, 5) is 18.5. The summed E-state index contributed by atoms with van der Waals surface area (Å²) in [6, 6.07) is 3.20. The predicted octanol–water partition coefficient (Wildman–Crippen LogP) is 0.889. The Morgan fingerprint density at radius 1 is 1.38 bits per heavy atom. The Labute approximate surface area is 93.7 Å². The van der Waals surface area contributed by atoms with Crippen molar-refractivity contribution in [3.8, 4) is 0 Å². The van der Waals surface area contributed by atoms with Gasteiger partial charge < -0.3 is 9.80 Å². The lowest BCUT2D eigenvalue weighted by Crippen LogP contribution is -2.48. The molecule has 4 nitrogen and oxygen atoms in total. The summed E-state index contributed by atoms with van der Waals surface area (Å²) in [5, 5.41) is 0. The van der Waals surface area contributed by atoms with Crippen molar-refractivity contribution < 1.29 is 9.18 Å². The molecule has 16 heavy (non-hydrogen) atoms. The van der Waals surface area contributed by atoms with Crippen molar-refractivity contribution in [2.24, 2.45) is 0 Å². The monoisotopic (exact) mass is 223 g/mol.